The minimum Gasteiger partial charge on any atom is -0.268 e. The number of hydrogen-bond acceptors (Lipinski definition) is 4. The van der Waals surface area contributed by atoms with Crippen LogP contribution in [0.2, 0.25) is 0 Å². The predicted molar refractivity (Wildman–Crippen MR) is 127 cm³/mol. The number of hydrogen-bond donors (Lipinski definition) is 0. The van der Waals surface area contributed by atoms with Gasteiger partial charge in [0.25, 0.3) is 11.2 Å². The first-order chi connectivity index (χ1) is 14.4. The van der Waals surface area contributed by atoms with E-state index in [4.69, 9.17) is 4.98 Å². The van der Waals surface area contributed by atoms with Gasteiger partial charge in [-0.05, 0) is 83.1 Å². The second-order valence-electron chi connectivity index (χ2n) is 6.74. The average molecular weight is 509 g/mol. The van der Waals surface area contributed by atoms with Gasteiger partial charge < -0.3 is 0 Å². The molecule has 0 aliphatic rings. The number of aryl methyl sites for hydroxylation is 1. The molecule has 0 N–H and O–H groups in total. The Hall–Kier alpha value is -3.33. The SMILES string of the molecule is Cc1ccccc1-n1c(/C=C/c2ccc([N+](=O)[O-])cc2)nc2ccc(I)cc2c1=O. The Bertz CT molecular complexity index is 1360. The van der Waals surface area contributed by atoms with Gasteiger partial charge in [-0.1, -0.05) is 24.3 Å². The molecule has 148 valence electrons. The summed E-state index contributed by atoms with van der Waals surface area (Å²) < 4.78 is 2.57. The predicted octanol–water partition coefficient (Wildman–Crippen LogP) is 5.38. The summed E-state index contributed by atoms with van der Waals surface area (Å²) in [6, 6.07) is 19.5. The fourth-order valence-corrected chi connectivity index (χ4v) is 3.70. The lowest BCUT2D eigenvalue weighted by Gasteiger charge is -2.13. The van der Waals surface area contributed by atoms with Gasteiger partial charge in [0.2, 0.25) is 0 Å². The molecule has 0 saturated carbocycles. The van der Waals surface area contributed by atoms with Crippen LogP contribution in [0, 0.1) is 20.6 Å². The first-order valence-corrected chi connectivity index (χ1v) is 10.2. The standard InChI is InChI=1S/C23H16IN3O3/c1-15-4-2-3-5-21(15)26-22(13-8-16-6-10-18(11-7-16)27(29)30)25-20-12-9-17(24)14-19(20)23(26)28/h2-14H,1H3/b13-8+. The molecule has 1 heterocycles. The second kappa shape index (κ2) is 8.19. The summed E-state index contributed by atoms with van der Waals surface area (Å²) in [6.07, 6.45) is 3.55. The van der Waals surface area contributed by atoms with E-state index in [0.717, 1.165) is 20.4 Å². The van der Waals surface area contributed by atoms with E-state index in [9.17, 15) is 14.9 Å². The van der Waals surface area contributed by atoms with Gasteiger partial charge in [-0.15, -0.1) is 0 Å². The van der Waals surface area contributed by atoms with E-state index in [2.05, 4.69) is 22.6 Å². The molecule has 0 radical (unpaired) electrons. The van der Waals surface area contributed by atoms with Crippen LogP contribution in [-0.4, -0.2) is 14.5 Å². The monoisotopic (exact) mass is 509 g/mol. The van der Waals surface area contributed by atoms with Crippen molar-refractivity contribution in [2.45, 2.75) is 6.92 Å². The molecule has 0 spiro atoms. The number of rotatable bonds is 4. The lowest BCUT2D eigenvalue weighted by Crippen LogP contribution is -2.23. The molecule has 0 saturated heterocycles. The van der Waals surface area contributed by atoms with Crippen molar-refractivity contribution in [3.8, 4) is 5.69 Å². The zero-order valence-electron chi connectivity index (χ0n) is 15.9. The summed E-state index contributed by atoms with van der Waals surface area (Å²) >= 11 is 2.18. The van der Waals surface area contributed by atoms with Crippen LogP contribution in [0.1, 0.15) is 17.0 Å². The number of nitro groups is 1. The quantitative estimate of drug-likeness (QED) is 0.210. The van der Waals surface area contributed by atoms with Gasteiger partial charge in [-0.2, -0.15) is 0 Å². The minimum atomic E-state index is -0.435. The molecule has 0 unspecified atom stereocenters. The van der Waals surface area contributed by atoms with Crippen molar-refractivity contribution in [3.63, 3.8) is 0 Å². The number of halogens is 1. The highest BCUT2D eigenvalue weighted by molar-refractivity contribution is 14.1. The van der Waals surface area contributed by atoms with Crippen molar-refractivity contribution >= 4 is 51.3 Å². The van der Waals surface area contributed by atoms with Crippen LogP contribution in [0.25, 0.3) is 28.7 Å². The van der Waals surface area contributed by atoms with Crippen molar-refractivity contribution in [3.05, 3.63) is 108 Å². The number of aromatic nitrogens is 2. The van der Waals surface area contributed by atoms with Gasteiger partial charge in [0.05, 0.1) is 21.5 Å². The molecule has 0 atom stereocenters. The normalized spacial score (nSPS) is 11.3. The molecular weight excluding hydrogens is 493 g/mol. The third kappa shape index (κ3) is 3.88. The third-order valence-electron chi connectivity index (χ3n) is 4.74. The van der Waals surface area contributed by atoms with E-state index in [-0.39, 0.29) is 11.2 Å². The van der Waals surface area contributed by atoms with Crippen molar-refractivity contribution in [1.29, 1.82) is 0 Å². The zero-order chi connectivity index (χ0) is 21.3. The van der Waals surface area contributed by atoms with Crippen molar-refractivity contribution in [2.24, 2.45) is 0 Å². The fraction of sp³-hybridized carbons (Fsp3) is 0.0435. The largest absolute Gasteiger partial charge is 0.269 e. The molecule has 0 aliphatic heterocycles. The fourth-order valence-electron chi connectivity index (χ4n) is 3.21. The maximum atomic E-state index is 13.4. The lowest BCUT2D eigenvalue weighted by atomic mass is 10.1. The summed E-state index contributed by atoms with van der Waals surface area (Å²) in [4.78, 5) is 28.5. The van der Waals surface area contributed by atoms with Gasteiger partial charge in [0, 0.05) is 15.7 Å². The maximum absolute atomic E-state index is 13.4. The maximum Gasteiger partial charge on any atom is 0.269 e. The molecule has 0 bridgehead atoms. The Balaban J connectivity index is 1.90. The van der Waals surface area contributed by atoms with Crippen LogP contribution < -0.4 is 5.56 Å². The molecule has 3 aromatic carbocycles. The van der Waals surface area contributed by atoms with E-state index in [1.807, 2.05) is 49.4 Å². The molecule has 6 nitrogen and oxygen atoms in total. The number of para-hydroxylation sites is 1. The van der Waals surface area contributed by atoms with Crippen molar-refractivity contribution in [1.82, 2.24) is 9.55 Å². The summed E-state index contributed by atoms with van der Waals surface area (Å²) in [6.45, 7) is 1.95. The van der Waals surface area contributed by atoms with Crippen molar-refractivity contribution < 1.29 is 4.92 Å². The zero-order valence-corrected chi connectivity index (χ0v) is 18.1. The number of benzene rings is 3. The topological polar surface area (TPSA) is 78.0 Å². The smallest absolute Gasteiger partial charge is 0.268 e. The first-order valence-electron chi connectivity index (χ1n) is 9.15. The summed E-state index contributed by atoms with van der Waals surface area (Å²) in [5.41, 5.74) is 3.00. The Morgan fingerprint density at radius 1 is 1.03 bits per heavy atom. The summed E-state index contributed by atoms with van der Waals surface area (Å²) in [5, 5.41) is 11.4. The Morgan fingerprint density at radius 3 is 2.47 bits per heavy atom. The molecule has 4 rings (SSSR count). The van der Waals surface area contributed by atoms with E-state index >= 15 is 0 Å². The highest BCUT2D eigenvalue weighted by atomic mass is 127. The van der Waals surface area contributed by atoms with Crippen LogP contribution in [0.3, 0.4) is 0 Å². The summed E-state index contributed by atoms with van der Waals surface area (Å²) in [7, 11) is 0. The highest BCUT2D eigenvalue weighted by Gasteiger charge is 2.13. The number of fused-ring (bicyclic) bond motifs is 1. The molecular formula is C23H16IN3O3. The van der Waals surface area contributed by atoms with Gasteiger partial charge in [-0.3, -0.25) is 19.5 Å². The average Bonchev–Trinajstić information content (AvgIpc) is 2.74. The third-order valence-corrected chi connectivity index (χ3v) is 5.41. The second-order valence-corrected chi connectivity index (χ2v) is 7.99. The number of nitrogens with zero attached hydrogens (tertiary/aromatic N) is 3. The lowest BCUT2D eigenvalue weighted by molar-refractivity contribution is -0.384. The minimum absolute atomic E-state index is 0.0300. The van der Waals surface area contributed by atoms with Gasteiger partial charge in [0.15, 0.2) is 0 Å². The Labute approximate surface area is 185 Å². The Morgan fingerprint density at radius 2 is 1.77 bits per heavy atom. The van der Waals surface area contributed by atoms with Gasteiger partial charge in [0.1, 0.15) is 5.82 Å². The van der Waals surface area contributed by atoms with Gasteiger partial charge in [-0.25, -0.2) is 4.98 Å². The highest BCUT2D eigenvalue weighted by Crippen LogP contribution is 2.20. The molecule has 30 heavy (non-hydrogen) atoms. The van der Waals surface area contributed by atoms with E-state index < -0.39 is 4.92 Å². The number of nitro benzene ring substituents is 1. The van der Waals surface area contributed by atoms with Crippen LogP contribution >= 0.6 is 22.6 Å². The van der Waals surface area contributed by atoms with Crippen LogP contribution in [0.4, 0.5) is 5.69 Å². The van der Waals surface area contributed by atoms with E-state index in [1.165, 1.54) is 12.1 Å². The van der Waals surface area contributed by atoms with Crippen LogP contribution in [-0.2, 0) is 0 Å². The van der Waals surface area contributed by atoms with Crippen molar-refractivity contribution in [2.75, 3.05) is 0 Å². The number of non-ortho nitro benzene ring substituents is 1. The first kappa shape index (κ1) is 20.0. The Kier molecular flexibility index (Phi) is 5.45. The molecule has 0 aliphatic carbocycles. The van der Waals surface area contributed by atoms with E-state index in [1.54, 1.807) is 28.9 Å². The van der Waals surface area contributed by atoms with Crippen LogP contribution in [0.15, 0.2) is 71.5 Å². The molecule has 1 aromatic heterocycles. The van der Waals surface area contributed by atoms with Crippen LogP contribution in [0.5, 0.6) is 0 Å². The molecule has 4 aromatic rings. The van der Waals surface area contributed by atoms with Gasteiger partial charge >= 0.3 is 0 Å². The molecule has 0 amide bonds. The summed E-state index contributed by atoms with van der Waals surface area (Å²) in [5.74, 6) is 0.487. The molecule has 7 heteroatoms. The van der Waals surface area contributed by atoms with E-state index in [0.29, 0.717) is 16.7 Å². The molecule has 0 fully saturated rings.